The Morgan fingerprint density at radius 2 is 2.00 bits per heavy atom. The van der Waals surface area contributed by atoms with Crippen LogP contribution in [-0.2, 0) is 4.79 Å². The van der Waals surface area contributed by atoms with Crippen molar-refractivity contribution in [2.75, 3.05) is 0 Å². The fraction of sp³-hybridized carbons (Fsp3) is 0.889. The van der Waals surface area contributed by atoms with E-state index in [0.29, 0.717) is 11.8 Å². The molecule has 11 heavy (non-hydrogen) atoms. The van der Waals surface area contributed by atoms with Crippen LogP contribution in [0.5, 0.6) is 0 Å². The van der Waals surface area contributed by atoms with Crippen molar-refractivity contribution in [2.45, 2.75) is 33.1 Å². The van der Waals surface area contributed by atoms with Crippen LogP contribution >= 0.6 is 0 Å². The summed E-state index contributed by atoms with van der Waals surface area (Å²) in [5, 5.41) is 10.6. The van der Waals surface area contributed by atoms with E-state index < -0.39 is 5.97 Å². The highest BCUT2D eigenvalue weighted by Crippen LogP contribution is 2.32. The van der Waals surface area contributed by atoms with Crippen LogP contribution in [0.3, 0.4) is 0 Å². The molecule has 1 aliphatic rings. The van der Waals surface area contributed by atoms with E-state index >= 15 is 0 Å². The van der Waals surface area contributed by atoms with Gasteiger partial charge in [0.15, 0.2) is 0 Å². The Balaban J connectivity index is 2.50. The van der Waals surface area contributed by atoms with Gasteiger partial charge >= 0.3 is 0 Å². The van der Waals surface area contributed by atoms with Gasteiger partial charge in [-0.05, 0) is 24.7 Å². The molecule has 0 heterocycles. The van der Waals surface area contributed by atoms with Gasteiger partial charge in [-0.15, -0.1) is 0 Å². The maximum Gasteiger partial charge on any atom is 0.0447 e. The zero-order chi connectivity index (χ0) is 8.43. The van der Waals surface area contributed by atoms with Crippen LogP contribution in [0.25, 0.3) is 0 Å². The van der Waals surface area contributed by atoms with Gasteiger partial charge in [0.1, 0.15) is 0 Å². The first-order valence-corrected chi connectivity index (χ1v) is 4.32. The number of aliphatic carboxylic acids is 1. The fourth-order valence-corrected chi connectivity index (χ4v) is 2.02. The third-order valence-corrected chi connectivity index (χ3v) is 2.73. The highest BCUT2D eigenvalue weighted by atomic mass is 16.4. The van der Waals surface area contributed by atoms with E-state index in [-0.39, 0.29) is 5.92 Å². The number of hydrogen-bond donors (Lipinski definition) is 0. The Kier molecular flexibility index (Phi) is 2.53. The minimum absolute atomic E-state index is 0.189. The van der Waals surface area contributed by atoms with Crippen molar-refractivity contribution < 1.29 is 9.90 Å². The van der Waals surface area contributed by atoms with Crippen molar-refractivity contribution in [1.82, 2.24) is 0 Å². The summed E-state index contributed by atoms with van der Waals surface area (Å²) in [6.45, 7) is 4.19. The second-order valence-electron chi connectivity index (χ2n) is 3.82. The first kappa shape index (κ1) is 8.57. The van der Waals surface area contributed by atoms with E-state index in [9.17, 15) is 9.90 Å². The topological polar surface area (TPSA) is 40.1 Å². The molecule has 0 aliphatic heterocycles. The molecule has 1 rings (SSSR count). The molecule has 1 aliphatic carbocycles. The van der Waals surface area contributed by atoms with Crippen LogP contribution in [0.4, 0.5) is 0 Å². The van der Waals surface area contributed by atoms with Gasteiger partial charge in [0.2, 0.25) is 0 Å². The first-order valence-electron chi connectivity index (χ1n) is 4.32. The van der Waals surface area contributed by atoms with Gasteiger partial charge in [-0.1, -0.05) is 20.3 Å². The molecule has 2 nitrogen and oxygen atoms in total. The van der Waals surface area contributed by atoms with Gasteiger partial charge in [-0.3, -0.25) is 0 Å². The zero-order valence-electron chi connectivity index (χ0n) is 7.17. The number of hydrogen-bond acceptors (Lipinski definition) is 2. The Labute approximate surface area is 67.6 Å². The SMILES string of the molecule is C[C@H]1CC[C@@H](C(=O)[O-])[C@H](C)C1. The zero-order valence-corrected chi connectivity index (χ0v) is 7.17. The fourth-order valence-electron chi connectivity index (χ4n) is 2.02. The maximum atomic E-state index is 10.6. The largest absolute Gasteiger partial charge is 0.550 e. The minimum atomic E-state index is -0.857. The van der Waals surface area contributed by atoms with Crippen LogP contribution in [-0.4, -0.2) is 5.97 Å². The van der Waals surface area contributed by atoms with E-state index in [4.69, 9.17) is 0 Å². The summed E-state index contributed by atoms with van der Waals surface area (Å²) >= 11 is 0. The molecule has 0 amide bonds. The smallest absolute Gasteiger partial charge is 0.0447 e. The Hall–Kier alpha value is -0.530. The summed E-state index contributed by atoms with van der Waals surface area (Å²) in [7, 11) is 0. The summed E-state index contributed by atoms with van der Waals surface area (Å²) in [6, 6.07) is 0. The van der Waals surface area contributed by atoms with Crippen molar-refractivity contribution in [3.05, 3.63) is 0 Å². The lowest BCUT2D eigenvalue weighted by Crippen LogP contribution is -2.38. The third-order valence-electron chi connectivity index (χ3n) is 2.73. The Morgan fingerprint density at radius 1 is 1.36 bits per heavy atom. The van der Waals surface area contributed by atoms with Gasteiger partial charge in [0.05, 0.1) is 0 Å². The van der Waals surface area contributed by atoms with Gasteiger partial charge < -0.3 is 9.90 Å². The van der Waals surface area contributed by atoms with Crippen LogP contribution in [0, 0.1) is 17.8 Å². The van der Waals surface area contributed by atoms with Gasteiger partial charge in [0.25, 0.3) is 0 Å². The molecule has 2 heteroatoms. The molecular formula is C9H15O2-. The second-order valence-corrected chi connectivity index (χ2v) is 3.82. The molecule has 0 aromatic rings. The summed E-state index contributed by atoms with van der Waals surface area (Å²) in [6.07, 6.45) is 2.90. The number of carboxylic acid groups (broad SMARTS) is 1. The Morgan fingerprint density at radius 3 is 2.45 bits per heavy atom. The summed E-state index contributed by atoms with van der Waals surface area (Å²) in [4.78, 5) is 10.6. The maximum absolute atomic E-state index is 10.6. The molecule has 1 fully saturated rings. The highest BCUT2D eigenvalue weighted by Gasteiger charge is 2.25. The number of carbonyl (C=O) groups is 1. The number of rotatable bonds is 1. The Bertz CT molecular complexity index is 154. The van der Waals surface area contributed by atoms with Crippen LogP contribution in [0.15, 0.2) is 0 Å². The molecule has 0 radical (unpaired) electrons. The number of carboxylic acids is 1. The van der Waals surface area contributed by atoms with Crippen molar-refractivity contribution in [1.29, 1.82) is 0 Å². The lowest BCUT2D eigenvalue weighted by molar-refractivity contribution is -0.314. The van der Waals surface area contributed by atoms with Crippen molar-refractivity contribution in [3.63, 3.8) is 0 Å². The standard InChI is InChI=1S/C9H16O2/c1-6-3-4-8(9(10)11)7(2)5-6/h6-8H,3-5H2,1-2H3,(H,10,11)/p-1/t6-,7+,8+/m0/s1. The normalized spacial score (nSPS) is 38.5. The summed E-state index contributed by atoms with van der Waals surface area (Å²) in [5.74, 6) is -0.0417. The molecule has 0 bridgehead atoms. The monoisotopic (exact) mass is 155 g/mol. The first-order chi connectivity index (χ1) is 5.11. The predicted molar refractivity (Wildman–Crippen MR) is 40.7 cm³/mol. The molecule has 0 spiro atoms. The van der Waals surface area contributed by atoms with Crippen LogP contribution in [0.2, 0.25) is 0 Å². The molecule has 0 N–H and O–H groups in total. The molecule has 64 valence electrons. The van der Waals surface area contributed by atoms with Crippen molar-refractivity contribution >= 4 is 5.97 Å². The van der Waals surface area contributed by atoms with E-state index in [1.54, 1.807) is 0 Å². The quantitative estimate of drug-likeness (QED) is 0.562. The minimum Gasteiger partial charge on any atom is -0.550 e. The van der Waals surface area contributed by atoms with E-state index in [1.807, 2.05) is 6.92 Å². The second kappa shape index (κ2) is 3.24. The van der Waals surface area contributed by atoms with E-state index in [2.05, 4.69) is 6.92 Å². The molecule has 1 saturated carbocycles. The van der Waals surface area contributed by atoms with Crippen molar-refractivity contribution in [2.24, 2.45) is 17.8 Å². The van der Waals surface area contributed by atoms with Gasteiger partial charge in [-0.25, -0.2) is 0 Å². The lowest BCUT2D eigenvalue weighted by atomic mass is 9.76. The lowest BCUT2D eigenvalue weighted by Gasteiger charge is -2.32. The molecule has 0 aromatic carbocycles. The highest BCUT2D eigenvalue weighted by molar-refractivity contribution is 5.68. The molecule has 0 saturated heterocycles. The summed E-state index contributed by atoms with van der Waals surface area (Å²) < 4.78 is 0. The predicted octanol–water partition coefficient (Wildman–Crippen LogP) is 0.809. The van der Waals surface area contributed by atoms with Gasteiger partial charge in [0, 0.05) is 11.9 Å². The van der Waals surface area contributed by atoms with Crippen LogP contribution in [0.1, 0.15) is 33.1 Å². The van der Waals surface area contributed by atoms with E-state index in [1.165, 1.54) is 0 Å². The summed E-state index contributed by atoms with van der Waals surface area (Å²) in [5.41, 5.74) is 0. The molecular weight excluding hydrogens is 140 g/mol. The number of carbonyl (C=O) groups excluding carboxylic acids is 1. The van der Waals surface area contributed by atoms with Crippen LogP contribution < -0.4 is 5.11 Å². The molecule has 0 unspecified atom stereocenters. The van der Waals surface area contributed by atoms with Crippen molar-refractivity contribution in [3.8, 4) is 0 Å². The molecule has 0 aromatic heterocycles. The average molecular weight is 155 g/mol. The molecule has 3 atom stereocenters. The van der Waals surface area contributed by atoms with Gasteiger partial charge in [-0.2, -0.15) is 0 Å². The third kappa shape index (κ3) is 1.95. The average Bonchev–Trinajstić information content (AvgIpc) is 1.85. The van der Waals surface area contributed by atoms with E-state index in [0.717, 1.165) is 19.3 Å².